The number of carbonyl (C=O) groups excluding carboxylic acids is 3. The van der Waals surface area contributed by atoms with Crippen molar-refractivity contribution in [2.75, 3.05) is 37.6 Å². The van der Waals surface area contributed by atoms with Crippen LogP contribution >= 0.6 is 0 Å². The third-order valence-corrected chi connectivity index (χ3v) is 6.28. The van der Waals surface area contributed by atoms with E-state index in [1.807, 2.05) is 34.1 Å². The van der Waals surface area contributed by atoms with Gasteiger partial charge in [0.1, 0.15) is 0 Å². The molecule has 3 aliphatic rings. The molecule has 3 amide bonds. The first kappa shape index (κ1) is 19.0. The highest BCUT2D eigenvalue weighted by atomic mass is 16.2. The first-order valence-electron chi connectivity index (χ1n) is 10.6. The van der Waals surface area contributed by atoms with Crippen molar-refractivity contribution in [2.24, 2.45) is 5.92 Å². The van der Waals surface area contributed by atoms with Gasteiger partial charge in [-0.15, -0.1) is 0 Å². The van der Waals surface area contributed by atoms with Gasteiger partial charge in [0.05, 0.1) is 0 Å². The number of hydrogen-bond donors (Lipinski definition) is 0. The maximum absolute atomic E-state index is 13.0. The second-order valence-electron chi connectivity index (χ2n) is 8.15. The zero-order chi connectivity index (χ0) is 19.5. The molecule has 0 radical (unpaired) electrons. The molecule has 0 N–H and O–H groups in total. The van der Waals surface area contributed by atoms with E-state index in [2.05, 4.69) is 0 Å². The lowest BCUT2D eigenvalue weighted by Gasteiger charge is -2.35. The molecule has 28 heavy (non-hydrogen) atoms. The highest BCUT2D eigenvalue weighted by Gasteiger charge is 2.31. The first-order valence-corrected chi connectivity index (χ1v) is 10.6. The van der Waals surface area contributed by atoms with Gasteiger partial charge < -0.3 is 14.7 Å². The zero-order valence-corrected chi connectivity index (χ0v) is 16.4. The van der Waals surface area contributed by atoms with E-state index in [0.29, 0.717) is 25.1 Å². The Balaban J connectivity index is 1.36. The van der Waals surface area contributed by atoms with Gasteiger partial charge in [0, 0.05) is 56.3 Å². The fourth-order valence-electron chi connectivity index (χ4n) is 4.61. The molecule has 0 saturated carbocycles. The summed E-state index contributed by atoms with van der Waals surface area (Å²) in [6.45, 7) is 3.74. The van der Waals surface area contributed by atoms with Crippen LogP contribution in [0.25, 0.3) is 0 Å². The number of amides is 3. The van der Waals surface area contributed by atoms with E-state index in [9.17, 15) is 14.4 Å². The van der Waals surface area contributed by atoms with Crippen molar-refractivity contribution >= 4 is 23.4 Å². The molecular formula is C22H29N3O3. The van der Waals surface area contributed by atoms with Gasteiger partial charge in [0.25, 0.3) is 5.91 Å². The molecule has 0 unspecified atom stereocenters. The van der Waals surface area contributed by atoms with E-state index < -0.39 is 0 Å². The fraction of sp³-hybridized carbons (Fsp3) is 0.591. The topological polar surface area (TPSA) is 60.9 Å². The number of benzene rings is 1. The zero-order valence-electron chi connectivity index (χ0n) is 16.4. The van der Waals surface area contributed by atoms with Crippen LogP contribution in [0.5, 0.6) is 0 Å². The van der Waals surface area contributed by atoms with Crippen LogP contribution in [0, 0.1) is 5.92 Å². The van der Waals surface area contributed by atoms with Crippen molar-refractivity contribution in [1.82, 2.24) is 9.80 Å². The highest BCUT2D eigenvalue weighted by Crippen LogP contribution is 2.25. The molecule has 3 fully saturated rings. The second kappa shape index (κ2) is 8.33. The third-order valence-electron chi connectivity index (χ3n) is 6.28. The fourth-order valence-corrected chi connectivity index (χ4v) is 4.61. The van der Waals surface area contributed by atoms with E-state index in [1.165, 1.54) is 6.42 Å². The average Bonchev–Trinajstić information content (AvgIpc) is 3.19. The van der Waals surface area contributed by atoms with Gasteiger partial charge >= 0.3 is 0 Å². The summed E-state index contributed by atoms with van der Waals surface area (Å²) < 4.78 is 0. The lowest BCUT2D eigenvalue weighted by atomic mass is 9.94. The van der Waals surface area contributed by atoms with Gasteiger partial charge in [0.15, 0.2) is 0 Å². The van der Waals surface area contributed by atoms with E-state index in [4.69, 9.17) is 0 Å². The van der Waals surface area contributed by atoms with Crippen LogP contribution in [-0.2, 0) is 9.59 Å². The van der Waals surface area contributed by atoms with E-state index >= 15 is 0 Å². The lowest BCUT2D eigenvalue weighted by molar-refractivity contribution is -0.137. The molecular weight excluding hydrogens is 354 g/mol. The molecule has 0 aromatic heterocycles. The van der Waals surface area contributed by atoms with Crippen molar-refractivity contribution < 1.29 is 14.4 Å². The van der Waals surface area contributed by atoms with Crippen LogP contribution in [0.4, 0.5) is 5.69 Å². The highest BCUT2D eigenvalue weighted by molar-refractivity contribution is 5.99. The molecule has 6 heteroatoms. The Morgan fingerprint density at radius 2 is 1.61 bits per heavy atom. The number of rotatable bonds is 3. The molecule has 3 aliphatic heterocycles. The van der Waals surface area contributed by atoms with Crippen molar-refractivity contribution in [3.05, 3.63) is 29.8 Å². The minimum atomic E-state index is -0.00244. The summed E-state index contributed by atoms with van der Waals surface area (Å²) in [6, 6.07) is 7.39. The van der Waals surface area contributed by atoms with Crippen LogP contribution in [0.15, 0.2) is 24.3 Å². The van der Waals surface area contributed by atoms with Crippen LogP contribution in [0.3, 0.4) is 0 Å². The average molecular weight is 383 g/mol. The Morgan fingerprint density at radius 1 is 0.857 bits per heavy atom. The quantitative estimate of drug-likeness (QED) is 0.806. The Morgan fingerprint density at radius 3 is 2.29 bits per heavy atom. The second-order valence-corrected chi connectivity index (χ2v) is 8.15. The standard InChI is InChI=1S/C22H29N3O3/c26-20-8-5-13-25(20)19-7-4-6-18(16-19)22(28)24-14-9-17(10-15-24)21(27)23-11-2-1-3-12-23/h4,6-7,16-17H,1-3,5,8-15H2. The monoisotopic (exact) mass is 383 g/mol. The normalized spacial score (nSPS) is 21.3. The summed E-state index contributed by atoms with van der Waals surface area (Å²) in [4.78, 5) is 43.3. The largest absolute Gasteiger partial charge is 0.342 e. The van der Waals surface area contributed by atoms with Gasteiger partial charge in [-0.2, -0.15) is 0 Å². The molecule has 3 heterocycles. The number of hydrogen-bond acceptors (Lipinski definition) is 3. The van der Waals surface area contributed by atoms with Gasteiger partial charge in [-0.1, -0.05) is 6.07 Å². The predicted octanol–water partition coefficient (Wildman–Crippen LogP) is 2.68. The van der Waals surface area contributed by atoms with Crippen LogP contribution < -0.4 is 4.90 Å². The van der Waals surface area contributed by atoms with Crippen molar-refractivity contribution in [2.45, 2.75) is 44.9 Å². The van der Waals surface area contributed by atoms with Crippen molar-refractivity contribution in [3.8, 4) is 0 Å². The maximum Gasteiger partial charge on any atom is 0.253 e. The van der Waals surface area contributed by atoms with Gasteiger partial charge in [-0.25, -0.2) is 0 Å². The summed E-state index contributed by atoms with van der Waals surface area (Å²) >= 11 is 0. The van der Waals surface area contributed by atoms with Crippen LogP contribution in [0.1, 0.15) is 55.3 Å². The van der Waals surface area contributed by atoms with Gasteiger partial charge in [-0.3, -0.25) is 14.4 Å². The number of nitrogens with zero attached hydrogens (tertiary/aromatic N) is 3. The summed E-state index contributed by atoms with van der Waals surface area (Å²) in [6.07, 6.45) is 6.37. The molecule has 0 spiro atoms. The molecule has 1 aromatic rings. The molecule has 4 rings (SSSR count). The van der Waals surface area contributed by atoms with Crippen LogP contribution in [0.2, 0.25) is 0 Å². The molecule has 1 aromatic carbocycles. The Labute approximate surface area is 166 Å². The SMILES string of the molecule is O=C(c1cccc(N2CCCC2=O)c1)N1CCC(C(=O)N2CCCCC2)CC1. The van der Waals surface area contributed by atoms with E-state index in [-0.39, 0.29) is 23.6 Å². The molecule has 150 valence electrons. The first-order chi connectivity index (χ1) is 13.6. The number of anilines is 1. The van der Waals surface area contributed by atoms with Crippen LogP contribution in [-0.4, -0.2) is 60.2 Å². The summed E-state index contributed by atoms with van der Waals surface area (Å²) in [7, 11) is 0. The summed E-state index contributed by atoms with van der Waals surface area (Å²) in [5.74, 6) is 0.455. The summed E-state index contributed by atoms with van der Waals surface area (Å²) in [5.41, 5.74) is 1.43. The minimum absolute atomic E-state index is 0.00244. The molecule has 6 nitrogen and oxygen atoms in total. The molecule has 0 atom stereocenters. The third kappa shape index (κ3) is 3.91. The Bertz CT molecular complexity index is 749. The predicted molar refractivity (Wildman–Crippen MR) is 107 cm³/mol. The van der Waals surface area contributed by atoms with E-state index in [1.54, 1.807) is 4.90 Å². The molecule has 3 saturated heterocycles. The van der Waals surface area contributed by atoms with Crippen molar-refractivity contribution in [3.63, 3.8) is 0 Å². The minimum Gasteiger partial charge on any atom is -0.342 e. The van der Waals surface area contributed by atoms with E-state index in [0.717, 1.165) is 57.4 Å². The Kier molecular flexibility index (Phi) is 5.64. The van der Waals surface area contributed by atoms with Gasteiger partial charge in [0.2, 0.25) is 11.8 Å². The number of piperidine rings is 2. The molecule has 0 bridgehead atoms. The maximum atomic E-state index is 13.0. The summed E-state index contributed by atoms with van der Waals surface area (Å²) in [5, 5.41) is 0. The van der Waals surface area contributed by atoms with Crippen molar-refractivity contribution in [1.29, 1.82) is 0 Å². The van der Waals surface area contributed by atoms with Gasteiger partial charge in [-0.05, 0) is 56.7 Å². The lowest BCUT2D eigenvalue weighted by Crippen LogP contribution is -2.45. The smallest absolute Gasteiger partial charge is 0.253 e. The number of likely N-dealkylation sites (tertiary alicyclic amines) is 2. The molecule has 0 aliphatic carbocycles. The number of carbonyl (C=O) groups is 3. The Hall–Kier alpha value is -2.37.